The van der Waals surface area contributed by atoms with Gasteiger partial charge in [0.15, 0.2) is 4.98 Å². The molecule has 0 spiro atoms. The third-order valence-corrected chi connectivity index (χ3v) is 3.89. The molecule has 0 saturated carbocycles. The molecule has 0 atom stereocenters. The van der Waals surface area contributed by atoms with Crippen molar-refractivity contribution in [2.45, 2.75) is 71.8 Å². The van der Waals surface area contributed by atoms with E-state index in [1.165, 1.54) is 25.7 Å². The summed E-state index contributed by atoms with van der Waals surface area (Å²) in [6, 6.07) is 3.41. The second-order valence-corrected chi connectivity index (χ2v) is 6.02. The lowest BCUT2D eigenvalue weighted by Crippen LogP contribution is -2.02. The lowest BCUT2D eigenvalue weighted by Gasteiger charge is -2.09. The SMILES string of the molecule is CCCCCCOc1cc(CO)cc(OCCCCCC)c1[N+]#N. The van der Waals surface area contributed by atoms with E-state index >= 15 is 0 Å². The molecule has 0 unspecified atom stereocenters. The quantitative estimate of drug-likeness (QED) is 0.377. The van der Waals surface area contributed by atoms with Gasteiger partial charge >= 0.3 is 5.69 Å². The predicted molar refractivity (Wildman–Crippen MR) is 96.4 cm³/mol. The fourth-order valence-electron chi connectivity index (χ4n) is 2.47. The van der Waals surface area contributed by atoms with Crippen LogP contribution in [0.3, 0.4) is 0 Å². The Morgan fingerprint density at radius 2 is 1.38 bits per heavy atom. The largest absolute Gasteiger partial charge is 0.486 e. The molecule has 24 heavy (non-hydrogen) atoms. The summed E-state index contributed by atoms with van der Waals surface area (Å²) in [4.78, 5) is 3.34. The number of diazo groups is 1. The number of ether oxygens (including phenoxy) is 2. The molecule has 0 bridgehead atoms. The van der Waals surface area contributed by atoms with Crippen molar-refractivity contribution in [1.82, 2.24) is 0 Å². The number of benzene rings is 1. The van der Waals surface area contributed by atoms with Crippen molar-refractivity contribution < 1.29 is 14.6 Å². The van der Waals surface area contributed by atoms with E-state index < -0.39 is 0 Å². The standard InChI is InChI=1S/C19H31N2O3/c1-3-5-7-9-11-23-17-13-16(15-22)14-18(19(17)21-20)24-12-10-8-6-4-2/h13-14,22H,3-12,15H2,1-2H3/q+1. The van der Waals surface area contributed by atoms with Crippen LogP contribution in [0.2, 0.25) is 0 Å². The molecule has 0 radical (unpaired) electrons. The van der Waals surface area contributed by atoms with E-state index in [4.69, 9.17) is 9.47 Å². The van der Waals surface area contributed by atoms with Crippen molar-refractivity contribution in [3.63, 3.8) is 0 Å². The number of hydrogen-bond donors (Lipinski definition) is 1. The average molecular weight is 335 g/mol. The predicted octanol–water partition coefficient (Wildman–Crippen LogP) is 5.58. The zero-order chi connectivity index (χ0) is 17.6. The number of nitrogens with zero attached hydrogens (tertiary/aromatic N) is 2. The molecular weight excluding hydrogens is 304 g/mol. The van der Waals surface area contributed by atoms with Crippen LogP contribution in [-0.2, 0) is 6.61 Å². The minimum atomic E-state index is -0.107. The number of rotatable bonds is 13. The third-order valence-electron chi connectivity index (χ3n) is 3.89. The Labute approximate surface area is 145 Å². The smallest absolute Gasteiger partial charge is 0.467 e. The summed E-state index contributed by atoms with van der Waals surface area (Å²) >= 11 is 0. The second kappa shape index (κ2) is 12.6. The van der Waals surface area contributed by atoms with Crippen molar-refractivity contribution >= 4 is 5.69 Å². The average Bonchev–Trinajstić information content (AvgIpc) is 2.61. The van der Waals surface area contributed by atoms with Gasteiger partial charge < -0.3 is 14.6 Å². The molecule has 1 aromatic carbocycles. The monoisotopic (exact) mass is 335 g/mol. The summed E-state index contributed by atoms with van der Waals surface area (Å²) < 4.78 is 11.5. The van der Waals surface area contributed by atoms with E-state index in [0.717, 1.165) is 25.7 Å². The number of aliphatic hydroxyl groups excluding tert-OH is 1. The zero-order valence-corrected chi connectivity index (χ0v) is 15.1. The van der Waals surface area contributed by atoms with Gasteiger partial charge in [-0.05, 0) is 30.5 Å². The molecular formula is C19H31N2O3+. The number of hydrogen-bond acceptors (Lipinski definition) is 4. The first kappa shape index (κ1) is 20.2. The van der Waals surface area contributed by atoms with Crippen LogP contribution in [-0.4, -0.2) is 18.3 Å². The van der Waals surface area contributed by atoms with Gasteiger partial charge in [-0.1, -0.05) is 52.4 Å². The summed E-state index contributed by atoms with van der Waals surface area (Å²) in [5.74, 6) is 0.924. The lowest BCUT2D eigenvalue weighted by molar-refractivity contribution is 0.273. The van der Waals surface area contributed by atoms with E-state index in [1.54, 1.807) is 12.1 Å². The summed E-state index contributed by atoms with van der Waals surface area (Å²) in [7, 11) is 0. The van der Waals surface area contributed by atoms with Gasteiger partial charge in [0.1, 0.15) is 0 Å². The van der Waals surface area contributed by atoms with Crippen LogP contribution in [0.15, 0.2) is 12.1 Å². The topological polar surface area (TPSA) is 66.8 Å². The first-order chi connectivity index (χ1) is 11.8. The molecule has 5 heteroatoms. The fourth-order valence-corrected chi connectivity index (χ4v) is 2.47. The van der Waals surface area contributed by atoms with Crippen LogP contribution in [0.25, 0.3) is 4.98 Å². The second-order valence-electron chi connectivity index (χ2n) is 6.02. The molecule has 0 aliphatic rings. The molecule has 1 rings (SSSR count). The highest BCUT2D eigenvalue weighted by Crippen LogP contribution is 2.39. The molecule has 0 fully saturated rings. The first-order valence-electron chi connectivity index (χ1n) is 9.15. The van der Waals surface area contributed by atoms with Gasteiger partial charge in [-0.15, -0.1) is 0 Å². The van der Waals surface area contributed by atoms with Crippen molar-refractivity contribution in [2.75, 3.05) is 13.2 Å². The third kappa shape index (κ3) is 7.18. The van der Waals surface area contributed by atoms with Crippen LogP contribution in [0.5, 0.6) is 11.5 Å². The minimum absolute atomic E-state index is 0.107. The summed E-state index contributed by atoms with van der Waals surface area (Å²) in [6.07, 6.45) is 8.85. The van der Waals surface area contributed by atoms with Crippen molar-refractivity contribution in [1.29, 1.82) is 5.39 Å². The Bertz CT molecular complexity index is 477. The van der Waals surface area contributed by atoms with E-state index in [9.17, 15) is 10.5 Å². The van der Waals surface area contributed by atoms with Crippen molar-refractivity contribution in [3.8, 4) is 11.5 Å². The van der Waals surface area contributed by atoms with Crippen molar-refractivity contribution in [2.24, 2.45) is 0 Å². The molecule has 0 aliphatic carbocycles. The van der Waals surface area contributed by atoms with E-state index in [0.29, 0.717) is 36.0 Å². The first-order valence-corrected chi connectivity index (χ1v) is 9.15. The summed E-state index contributed by atoms with van der Waals surface area (Å²) in [5.41, 5.74) is 0.993. The van der Waals surface area contributed by atoms with Gasteiger partial charge in [0, 0.05) is 0 Å². The van der Waals surface area contributed by atoms with Gasteiger partial charge in [-0.2, -0.15) is 0 Å². The Balaban J connectivity index is 2.71. The molecule has 0 aromatic heterocycles. The van der Waals surface area contributed by atoms with Gasteiger partial charge in [-0.25, -0.2) is 0 Å². The summed E-state index contributed by atoms with van der Waals surface area (Å²) in [5, 5.41) is 18.8. The maximum atomic E-state index is 9.43. The van der Waals surface area contributed by atoms with Crippen LogP contribution in [0, 0.1) is 5.39 Å². The van der Waals surface area contributed by atoms with Gasteiger partial charge in [0.2, 0.25) is 16.9 Å². The molecule has 1 aromatic rings. The Hall–Kier alpha value is -1.80. The van der Waals surface area contributed by atoms with E-state index in [2.05, 4.69) is 18.8 Å². The molecule has 0 heterocycles. The molecule has 5 nitrogen and oxygen atoms in total. The van der Waals surface area contributed by atoms with Crippen molar-refractivity contribution in [3.05, 3.63) is 22.7 Å². The summed E-state index contributed by atoms with van der Waals surface area (Å²) in [6.45, 7) is 5.35. The highest BCUT2D eigenvalue weighted by molar-refractivity contribution is 5.68. The van der Waals surface area contributed by atoms with Gasteiger partial charge in [0.05, 0.1) is 19.8 Å². The maximum Gasteiger partial charge on any atom is 0.467 e. The molecule has 0 amide bonds. The van der Waals surface area contributed by atoms with E-state index in [-0.39, 0.29) is 6.61 Å². The van der Waals surface area contributed by atoms with Crippen LogP contribution >= 0.6 is 0 Å². The van der Waals surface area contributed by atoms with Gasteiger partial charge in [0.25, 0.3) is 0 Å². The lowest BCUT2D eigenvalue weighted by atomic mass is 10.1. The number of aliphatic hydroxyl groups is 1. The maximum absolute atomic E-state index is 9.43. The molecule has 0 saturated heterocycles. The minimum Gasteiger partial charge on any atom is -0.486 e. The normalized spacial score (nSPS) is 10.4. The van der Waals surface area contributed by atoms with E-state index in [1.807, 2.05) is 0 Å². The van der Waals surface area contributed by atoms with Crippen LogP contribution in [0.1, 0.15) is 70.8 Å². The Kier molecular flexibility index (Phi) is 10.6. The van der Waals surface area contributed by atoms with Crippen LogP contribution < -0.4 is 9.47 Å². The fraction of sp³-hybridized carbons (Fsp3) is 0.684. The molecule has 134 valence electrons. The highest BCUT2D eigenvalue weighted by atomic mass is 16.5. The number of unbranched alkanes of at least 4 members (excludes halogenated alkanes) is 6. The Morgan fingerprint density at radius 3 is 1.75 bits per heavy atom. The molecule has 0 aliphatic heterocycles. The van der Waals surface area contributed by atoms with Crippen LogP contribution in [0.4, 0.5) is 5.69 Å². The Morgan fingerprint density at radius 1 is 0.875 bits per heavy atom. The van der Waals surface area contributed by atoms with Gasteiger partial charge in [-0.3, -0.25) is 0 Å². The zero-order valence-electron chi connectivity index (χ0n) is 15.1. The highest BCUT2D eigenvalue weighted by Gasteiger charge is 2.24. The molecule has 1 N–H and O–H groups in total.